The number of nitrogens with zero attached hydrogens (tertiary/aromatic N) is 1. The van der Waals surface area contributed by atoms with Gasteiger partial charge in [0.15, 0.2) is 0 Å². The van der Waals surface area contributed by atoms with Gasteiger partial charge in [-0.15, -0.1) is 11.6 Å². The van der Waals surface area contributed by atoms with Crippen molar-refractivity contribution in [2.24, 2.45) is 0 Å². The molecule has 0 saturated heterocycles. The quantitative estimate of drug-likeness (QED) is 0.788. The van der Waals surface area contributed by atoms with Crippen molar-refractivity contribution < 1.29 is 22.3 Å². The third-order valence-corrected chi connectivity index (χ3v) is 2.33. The molecule has 3 nitrogen and oxygen atoms in total. The maximum atomic E-state index is 12.3. The Bertz CT molecular complexity index is 522. The van der Waals surface area contributed by atoms with Gasteiger partial charge in [-0.25, -0.2) is 0 Å². The first kappa shape index (κ1) is 12.8. The molecule has 0 aliphatic rings. The number of rotatable bonds is 3. The summed E-state index contributed by atoms with van der Waals surface area (Å²) in [6.45, 7) is 0. The first-order valence-corrected chi connectivity index (χ1v) is 5.38. The highest BCUT2D eigenvalue weighted by Crippen LogP contribution is 2.31. The maximum absolute atomic E-state index is 12.3. The molecule has 0 amide bonds. The zero-order valence-corrected chi connectivity index (χ0v) is 9.63. The third-order valence-electron chi connectivity index (χ3n) is 2.05. The lowest BCUT2D eigenvalue weighted by Gasteiger charge is -2.06. The average molecular weight is 278 g/mol. The molecule has 0 atom stereocenters. The Morgan fingerprint density at radius 3 is 2.39 bits per heavy atom. The van der Waals surface area contributed by atoms with E-state index in [4.69, 9.17) is 20.8 Å². The first-order valence-electron chi connectivity index (χ1n) is 4.84. The summed E-state index contributed by atoms with van der Waals surface area (Å²) >= 11 is 5.51. The minimum absolute atomic E-state index is 0.0644. The van der Waals surface area contributed by atoms with Gasteiger partial charge in [-0.1, -0.05) is 0 Å². The van der Waals surface area contributed by atoms with Crippen LogP contribution in [0.3, 0.4) is 0 Å². The Hall–Kier alpha value is -1.69. The van der Waals surface area contributed by atoms with E-state index in [2.05, 4.69) is 4.98 Å². The highest BCUT2D eigenvalue weighted by Gasteiger charge is 2.30. The number of ether oxygens (including phenoxy) is 1. The third kappa shape index (κ3) is 2.95. The molecule has 0 saturated carbocycles. The summed E-state index contributed by atoms with van der Waals surface area (Å²) in [5, 5.41) is 0. The Balaban J connectivity index is 2.11. The number of hydrogen-bond acceptors (Lipinski definition) is 3. The fourth-order valence-corrected chi connectivity index (χ4v) is 1.33. The molecular formula is C11H7ClF3NO2. The lowest BCUT2D eigenvalue weighted by Crippen LogP contribution is -2.03. The highest BCUT2D eigenvalue weighted by molar-refractivity contribution is 6.16. The molecule has 0 radical (unpaired) electrons. The van der Waals surface area contributed by atoms with Crippen LogP contribution in [-0.2, 0) is 12.1 Å². The summed E-state index contributed by atoms with van der Waals surface area (Å²) in [7, 11) is 0. The molecule has 0 bridgehead atoms. The molecule has 2 rings (SSSR count). The van der Waals surface area contributed by atoms with Crippen molar-refractivity contribution >= 4 is 11.6 Å². The fraction of sp³-hybridized carbons (Fsp3) is 0.182. The molecule has 96 valence electrons. The van der Waals surface area contributed by atoms with Crippen LogP contribution in [0.1, 0.15) is 11.3 Å². The average Bonchev–Trinajstić information content (AvgIpc) is 2.76. The molecule has 2 aromatic rings. The normalized spacial score (nSPS) is 11.6. The molecule has 0 aliphatic carbocycles. The van der Waals surface area contributed by atoms with Crippen molar-refractivity contribution in [2.75, 3.05) is 0 Å². The number of benzene rings is 1. The first-order chi connectivity index (χ1) is 8.49. The van der Waals surface area contributed by atoms with E-state index in [0.717, 1.165) is 12.1 Å². The van der Waals surface area contributed by atoms with Crippen LogP contribution in [0.15, 0.2) is 34.9 Å². The van der Waals surface area contributed by atoms with Crippen molar-refractivity contribution in [1.29, 1.82) is 0 Å². The summed E-state index contributed by atoms with van der Waals surface area (Å²) in [5.74, 6) is 0.367. The van der Waals surface area contributed by atoms with Crippen LogP contribution < -0.4 is 4.74 Å². The van der Waals surface area contributed by atoms with Gasteiger partial charge >= 0.3 is 12.3 Å². The van der Waals surface area contributed by atoms with Crippen molar-refractivity contribution in [1.82, 2.24) is 4.98 Å². The predicted molar refractivity (Wildman–Crippen MR) is 57.6 cm³/mol. The highest BCUT2D eigenvalue weighted by atomic mass is 35.5. The second-order valence-corrected chi connectivity index (χ2v) is 3.63. The minimum atomic E-state index is -4.37. The van der Waals surface area contributed by atoms with E-state index < -0.39 is 11.7 Å². The van der Waals surface area contributed by atoms with Crippen molar-refractivity contribution in [2.45, 2.75) is 12.1 Å². The predicted octanol–water partition coefficient (Wildman–Crippen LogP) is 4.22. The molecule has 0 fully saturated rings. The van der Waals surface area contributed by atoms with Crippen LogP contribution >= 0.6 is 11.6 Å². The molecule has 1 heterocycles. The zero-order valence-electron chi connectivity index (χ0n) is 8.87. The van der Waals surface area contributed by atoms with Gasteiger partial charge in [0, 0.05) is 0 Å². The van der Waals surface area contributed by atoms with Gasteiger partial charge in [0.2, 0.25) is 0 Å². The van der Waals surface area contributed by atoms with Crippen molar-refractivity contribution in [3.8, 4) is 11.8 Å². The van der Waals surface area contributed by atoms with E-state index in [1.807, 2.05) is 0 Å². The second kappa shape index (κ2) is 4.89. The molecule has 0 spiro atoms. The standard InChI is InChI=1S/C11H7ClF3NO2/c12-5-8-6-17-10(16-8)18-9-3-1-7(2-4-9)11(13,14)15/h1-4,6H,5H2. The Kier molecular flexibility index (Phi) is 3.47. The van der Waals surface area contributed by atoms with Crippen LogP contribution in [0.5, 0.6) is 11.8 Å². The molecule has 0 unspecified atom stereocenters. The summed E-state index contributed by atoms with van der Waals surface area (Å²) < 4.78 is 47.0. The number of alkyl halides is 4. The van der Waals surface area contributed by atoms with Gasteiger partial charge < -0.3 is 9.15 Å². The van der Waals surface area contributed by atoms with Gasteiger partial charge in [0.05, 0.1) is 17.1 Å². The van der Waals surface area contributed by atoms with Gasteiger partial charge in [0.25, 0.3) is 0 Å². The van der Waals surface area contributed by atoms with Crippen molar-refractivity contribution in [3.63, 3.8) is 0 Å². The molecule has 0 N–H and O–H groups in total. The Morgan fingerprint density at radius 2 is 1.89 bits per heavy atom. The molecule has 18 heavy (non-hydrogen) atoms. The summed E-state index contributed by atoms with van der Waals surface area (Å²) in [6, 6.07) is 4.21. The SMILES string of the molecule is FC(F)(F)c1ccc(Oc2nc(CCl)co2)cc1. The molecule has 0 aliphatic heterocycles. The van der Waals surface area contributed by atoms with Crippen LogP contribution in [0.25, 0.3) is 0 Å². The van der Waals surface area contributed by atoms with Gasteiger partial charge in [0.1, 0.15) is 12.0 Å². The fourth-order valence-electron chi connectivity index (χ4n) is 1.21. The second-order valence-electron chi connectivity index (χ2n) is 3.36. The smallest absolute Gasteiger partial charge is 0.416 e. The lowest BCUT2D eigenvalue weighted by atomic mass is 10.2. The van der Waals surface area contributed by atoms with E-state index >= 15 is 0 Å². The van der Waals surface area contributed by atoms with E-state index in [1.54, 1.807) is 0 Å². The van der Waals surface area contributed by atoms with Crippen LogP contribution in [-0.4, -0.2) is 4.98 Å². The van der Waals surface area contributed by atoms with E-state index in [1.165, 1.54) is 18.4 Å². The molecule has 7 heteroatoms. The number of halogens is 4. The number of aromatic nitrogens is 1. The Labute approximate surface area is 105 Å². The Morgan fingerprint density at radius 1 is 1.22 bits per heavy atom. The van der Waals surface area contributed by atoms with Crippen molar-refractivity contribution in [3.05, 3.63) is 41.8 Å². The van der Waals surface area contributed by atoms with Crippen LogP contribution in [0.2, 0.25) is 0 Å². The summed E-state index contributed by atoms with van der Waals surface area (Å²) in [5.41, 5.74) is -0.262. The molecular weight excluding hydrogens is 271 g/mol. The minimum Gasteiger partial charge on any atom is -0.417 e. The summed E-state index contributed by atoms with van der Waals surface area (Å²) in [6.07, 6.45) is -3.12. The number of hydrogen-bond donors (Lipinski definition) is 0. The van der Waals surface area contributed by atoms with E-state index in [0.29, 0.717) is 5.69 Å². The van der Waals surface area contributed by atoms with E-state index in [9.17, 15) is 13.2 Å². The largest absolute Gasteiger partial charge is 0.417 e. The molecule has 1 aromatic carbocycles. The van der Waals surface area contributed by atoms with Gasteiger partial charge in [-0.05, 0) is 24.3 Å². The topological polar surface area (TPSA) is 35.3 Å². The van der Waals surface area contributed by atoms with Gasteiger partial charge in [-0.3, -0.25) is 0 Å². The van der Waals surface area contributed by atoms with Gasteiger partial charge in [-0.2, -0.15) is 18.2 Å². The maximum Gasteiger partial charge on any atom is 0.416 e. The van der Waals surface area contributed by atoms with Crippen LogP contribution in [0.4, 0.5) is 13.2 Å². The van der Waals surface area contributed by atoms with E-state index in [-0.39, 0.29) is 17.7 Å². The molecule has 1 aromatic heterocycles. The lowest BCUT2D eigenvalue weighted by molar-refractivity contribution is -0.137. The zero-order chi connectivity index (χ0) is 13.2. The van der Waals surface area contributed by atoms with Crippen LogP contribution in [0, 0.1) is 0 Å². The monoisotopic (exact) mass is 277 g/mol. The number of oxazole rings is 1. The summed E-state index contributed by atoms with van der Waals surface area (Å²) in [4.78, 5) is 3.85.